The van der Waals surface area contributed by atoms with Crippen LogP contribution in [0, 0.1) is 5.82 Å². The van der Waals surface area contributed by atoms with Gasteiger partial charge in [-0.15, -0.1) is 0 Å². The lowest BCUT2D eigenvalue weighted by Crippen LogP contribution is -2.34. The lowest BCUT2D eigenvalue weighted by atomic mass is 10.1. The minimum atomic E-state index is -0.404. The molecule has 0 fully saturated rings. The van der Waals surface area contributed by atoms with Crippen LogP contribution in [0.5, 0.6) is 0 Å². The van der Waals surface area contributed by atoms with E-state index >= 15 is 0 Å². The molecule has 7 heteroatoms. The summed E-state index contributed by atoms with van der Waals surface area (Å²) in [4.78, 5) is 26.0. The number of fused-ring (bicyclic) bond motifs is 2. The Bertz CT molecular complexity index is 1040. The number of urea groups is 1. The third-order valence-corrected chi connectivity index (χ3v) is 6.10. The van der Waals surface area contributed by atoms with Gasteiger partial charge in [0.15, 0.2) is 5.82 Å². The van der Waals surface area contributed by atoms with E-state index in [1.165, 1.54) is 24.6 Å². The number of amides is 2. The van der Waals surface area contributed by atoms with Crippen LogP contribution in [0.3, 0.4) is 0 Å². The number of anilines is 3. The van der Waals surface area contributed by atoms with Gasteiger partial charge in [0.2, 0.25) is 0 Å². The number of carbonyl (C=O) groups is 1. The van der Waals surface area contributed by atoms with Gasteiger partial charge in [0, 0.05) is 54.9 Å². The standard InChI is InChI=1S/C25H32FN5O/c1-4-6-7-12-30(11-5-2)22-8-10-27-24-20(22)9-13-31(24)25(32)29-19-15-18-14-17(3)28-23(18)21(26)16-19/h8,10,15-16H,4-7,9,11-14H2,1-3H3,(H,29,32). The topological polar surface area (TPSA) is 60.8 Å². The van der Waals surface area contributed by atoms with Gasteiger partial charge in [0.05, 0.1) is 0 Å². The van der Waals surface area contributed by atoms with E-state index in [4.69, 9.17) is 0 Å². The van der Waals surface area contributed by atoms with Crippen molar-refractivity contribution in [3.8, 4) is 0 Å². The van der Waals surface area contributed by atoms with Crippen LogP contribution in [-0.4, -0.2) is 36.4 Å². The Labute approximate surface area is 189 Å². The van der Waals surface area contributed by atoms with Crippen LogP contribution in [0.1, 0.15) is 57.6 Å². The molecule has 0 saturated carbocycles. The van der Waals surface area contributed by atoms with Gasteiger partial charge in [-0.1, -0.05) is 26.7 Å². The first-order chi connectivity index (χ1) is 15.5. The number of halogens is 1. The molecule has 6 nitrogen and oxygen atoms in total. The number of hydrogen-bond acceptors (Lipinski definition) is 4. The van der Waals surface area contributed by atoms with E-state index in [0.29, 0.717) is 30.2 Å². The summed E-state index contributed by atoms with van der Waals surface area (Å²) in [5, 5.41) is 2.87. The number of rotatable bonds is 8. The molecular formula is C25H32FN5O. The molecule has 0 spiro atoms. The normalized spacial score (nSPS) is 14.2. The highest BCUT2D eigenvalue weighted by molar-refractivity contribution is 6.03. The van der Waals surface area contributed by atoms with Crippen LogP contribution < -0.4 is 15.1 Å². The van der Waals surface area contributed by atoms with Gasteiger partial charge in [0.25, 0.3) is 0 Å². The molecule has 1 aromatic heterocycles. The van der Waals surface area contributed by atoms with E-state index in [0.717, 1.165) is 49.2 Å². The van der Waals surface area contributed by atoms with Crippen LogP contribution in [0.4, 0.5) is 32.1 Å². The van der Waals surface area contributed by atoms with Crippen LogP contribution >= 0.6 is 0 Å². The molecule has 0 radical (unpaired) electrons. The molecular weight excluding hydrogens is 405 g/mol. The minimum absolute atomic E-state index is 0.281. The summed E-state index contributed by atoms with van der Waals surface area (Å²) < 4.78 is 14.4. The summed E-state index contributed by atoms with van der Waals surface area (Å²) in [5.74, 6) is 0.302. The van der Waals surface area contributed by atoms with Gasteiger partial charge in [-0.3, -0.25) is 9.89 Å². The summed E-state index contributed by atoms with van der Waals surface area (Å²) in [6, 6.07) is 4.95. The number of carbonyl (C=O) groups excluding carboxylic acids is 1. The van der Waals surface area contributed by atoms with Crippen molar-refractivity contribution >= 4 is 34.6 Å². The second-order valence-electron chi connectivity index (χ2n) is 8.65. The predicted molar refractivity (Wildman–Crippen MR) is 129 cm³/mol. The van der Waals surface area contributed by atoms with Crippen molar-refractivity contribution in [1.29, 1.82) is 0 Å². The molecule has 4 rings (SSSR count). The Hall–Kier alpha value is -2.96. The SMILES string of the molecule is CCCCCN(CCC)c1ccnc2c1CCN2C(=O)Nc1cc(F)c2c(c1)CC(C)=N2. The Kier molecular flexibility index (Phi) is 6.72. The van der Waals surface area contributed by atoms with E-state index in [9.17, 15) is 9.18 Å². The number of benzene rings is 1. The molecule has 0 unspecified atom stereocenters. The first-order valence-corrected chi connectivity index (χ1v) is 11.7. The smallest absolute Gasteiger partial charge is 0.327 e. The molecule has 3 heterocycles. The van der Waals surface area contributed by atoms with Gasteiger partial charge < -0.3 is 10.2 Å². The van der Waals surface area contributed by atoms with Crippen LogP contribution in [0.2, 0.25) is 0 Å². The Morgan fingerprint density at radius 2 is 2.06 bits per heavy atom. The maximum Gasteiger partial charge on any atom is 0.327 e. The fourth-order valence-corrected chi connectivity index (χ4v) is 4.63. The first-order valence-electron chi connectivity index (χ1n) is 11.7. The van der Waals surface area contributed by atoms with E-state index in [-0.39, 0.29) is 6.03 Å². The molecule has 0 saturated heterocycles. The number of nitrogens with one attached hydrogen (secondary N) is 1. The molecule has 2 amide bonds. The fraction of sp³-hybridized carbons (Fsp3) is 0.480. The molecule has 2 aromatic rings. The molecule has 1 aromatic carbocycles. The van der Waals surface area contributed by atoms with Crippen molar-refractivity contribution in [3.05, 3.63) is 41.3 Å². The van der Waals surface area contributed by atoms with E-state index in [1.54, 1.807) is 11.1 Å². The van der Waals surface area contributed by atoms with E-state index in [1.807, 2.05) is 13.0 Å². The Balaban J connectivity index is 1.52. The second kappa shape index (κ2) is 9.67. The average molecular weight is 438 g/mol. The van der Waals surface area contributed by atoms with Gasteiger partial charge >= 0.3 is 6.03 Å². The third-order valence-electron chi connectivity index (χ3n) is 6.10. The molecule has 170 valence electrons. The average Bonchev–Trinajstić information content (AvgIpc) is 3.36. The number of hydrogen-bond donors (Lipinski definition) is 1. The minimum Gasteiger partial charge on any atom is -0.371 e. The number of nitrogens with zero attached hydrogens (tertiary/aromatic N) is 4. The molecule has 32 heavy (non-hydrogen) atoms. The summed E-state index contributed by atoms with van der Waals surface area (Å²) >= 11 is 0. The zero-order chi connectivity index (χ0) is 22.7. The van der Waals surface area contributed by atoms with Crippen molar-refractivity contribution in [2.24, 2.45) is 4.99 Å². The zero-order valence-corrected chi connectivity index (χ0v) is 19.2. The molecule has 0 aliphatic carbocycles. The molecule has 1 N–H and O–H groups in total. The maximum atomic E-state index is 14.4. The molecule has 0 atom stereocenters. The third kappa shape index (κ3) is 4.47. The number of aliphatic imine (C=N–C) groups is 1. The maximum absolute atomic E-state index is 14.4. The summed E-state index contributed by atoms with van der Waals surface area (Å²) in [6.45, 7) is 8.85. The van der Waals surface area contributed by atoms with E-state index < -0.39 is 5.82 Å². The summed E-state index contributed by atoms with van der Waals surface area (Å²) in [7, 11) is 0. The van der Waals surface area contributed by atoms with Gasteiger partial charge in [-0.05, 0) is 49.9 Å². The lowest BCUT2D eigenvalue weighted by Gasteiger charge is -2.26. The van der Waals surface area contributed by atoms with Crippen LogP contribution in [-0.2, 0) is 12.8 Å². The van der Waals surface area contributed by atoms with Crippen molar-refractivity contribution in [1.82, 2.24) is 4.98 Å². The predicted octanol–water partition coefficient (Wildman–Crippen LogP) is 5.87. The number of pyridine rings is 1. The van der Waals surface area contributed by atoms with Crippen molar-refractivity contribution in [2.75, 3.05) is 34.8 Å². The lowest BCUT2D eigenvalue weighted by molar-refractivity contribution is 0.257. The molecule has 2 aliphatic rings. The first kappa shape index (κ1) is 22.2. The van der Waals surface area contributed by atoms with E-state index in [2.05, 4.69) is 40.1 Å². The highest BCUT2D eigenvalue weighted by Gasteiger charge is 2.30. The van der Waals surface area contributed by atoms with Gasteiger partial charge in [-0.2, -0.15) is 0 Å². The largest absolute Gasteiger partial charge is 0.371 e. The second-order valence-corrected chi connectivity index (χ2v) is 8.65. The zero-order valence-electron chi connectivity index (χ0n) is 19.2. The summed E-state index contributed by atoms with van der Waals surface area (Å²) in [6.07, 6.45) is 7.80. The highest BCUT2D eigenvalue weighted by atomic mass is 19.1. The quantitative estimate of drug-likeness (QED) is 0.525. The van der Waals surface area contributed by atoms with Crippen molar-refractivity contribution in [3.63, 3.8) is 0 Å². The summed E-state index contributed by atoms with van der Waals surface area (Å²) in [5.41, 5.74) is 4.83. The monoisotopic (exact) mass is 437 g/mol. The Morgan fingerprint density at radius 1 is 1.22 bits per heavy atom. The number of aromatic nitrogens is 1. The van der Waals surface area contributed by atoms with Crippen LogP contribution in [0.25, 0.3) is 0 Å². The molecule has 0 bridgehead atoms. The van der Waals surface area contributed by atoms with Crippen molar-refractivity contribution in [2.45, 2.75) is 59.3 Å². The van der Waals surface area contributed by atoms with Gasteiger partial charge in [-0.25, -0.2) is 14.2 Å². The van der Waals surface area contributed by atoms with Crippen molar-refractivity contribution < 1.29 is 9.18 Å². The van der Waals surface area contributed by atoms with Crippen LogP contribution in [0.15, 0.2) is 29.4 Å². The Morgan fingerprint density at radius 3 is 2.84 bits per heavy atom. The van der Waals surface area contributed by atoms with Gasteiger partial charge in [0.1, 0.15) is 11.5 Å². The molecule has 2 aliphatic heterocycles. The highest BCUT2D eigenvalue weighted by Crippen LogP contribution is 2.36. The fourth-order valence-electron chi connectivity index (χ4n) is 4.63. The number of unbranched alkanes of at least 4 members (excludes halogenated alkanes) is 2.